The van der Waals surface area contributed by atoms with Crippen LogP contribution in [0.1, 0.15) is 48.7 Å². The highest BCUT2D eigenvalue weighted by Crippen LogP contribution is 2.29. The maximum Gasteiger partial charge on any atom is 0.289 e. The monoisotopic (exact) mass is 344 g/mol. The van der Waals surface area contributed by atoms with Crippen LogP contribution in [0, 0.1) is 0 Å². The molecule has 5 nitrogen and oxygen atoms in total. The van der Waals surface area contributed by atoms with Crippen LogP contribution in [-0.4, -0.2) is 43.0 Å². The second-order valence-electron chi connectivity index (χ2n) is 6.06. The van der Waals surface area contributed by atoms with Crippen LogP contribution in [0.25, 0.3) is 0 Å². The number of hydrogen-bond donors (Lipinski definition) is 0. The first kappa shape index (κ1) is 19.1. The van der Waals surface area contributed by atoms with Gasteiger partial charge in [-0.3, -0.25) is 9.69 Å². The fourth-order valence-electron chi connectivity index (χ4n) is 2.82. The lowest BCUT2D eigenvalue weighted by Gasteiger charge is -2.25. The van der Waals surface area contributed by atoms with Crippen LogP contribution in [0.15, 0.2) is 40.8 Å². The quantitative estimate of drug-likeness (QED) is 0.727. The predicted molar refractivity (Wildman–Crippen MR) is 98.8 cm³/mol. The molecule has 1 amide bonds. The molecule has 0 radical (unpaired) electrons. The van der Waals surface area contributed by atoms with Gasteiger partial charge in [0, 0.05) is 12.6 Å². The lowest BCUT2D eigenvalue weighted by Crippen LogP contribution is -2.29. The summed E-state index contributed by atoms with van der Waals surface area (Å²) in [5.41, 5.74) is 0.968. The summed E-state index contributed by atoms with van der Waals surface area (Å²) in [6.07, 6.45) is 0. The third-order valence-corrected chi connectivity index (χ3v) is 4.64. The molecule has 1 atom stereocenters. The van der Waals surface area contributed by atoms with Crippen LogP contribution in [0.2, 0.25) is 0 Å². The summed E-state index contributed by atoms with van der Waals surface area (Å²) in [6.45, 7) is 8.82. The Labute approximate surface area is 150 Å². The van der Waals surface area contributed by atoms with Crippen LogP contribution >= 0.6 is 0 Å². The van der Waals surface area contributed by atoms with E-state index in [1.807, 2.05) is 37.3 Å². The molecule has 0 aliphatic heterocycles. The van der Waals surface area contributed by atoms with Crippen molar-refractivity contribution in [3.05, 3.63) is 53.5 Å². The van der Waals surface area contributed by atoms with Crippen molar-refractivity contribution in [1.29, 1.82) is 0 Å². The Morgan fingerprint density at radius 1 is 1.16 bits per heavy atom. The van der Waals surface area contributed by atoms with E-state index in [0.29, 0.717) is 12.3 Å². The summed E-state index contributed by atoms with van der Waals surface area (Å²) in [7, 11) is 3.42. The van der Waals surface area contributed by atoms with Gasteiger partial charge in [-0.15, -0.1) is 0 Å². The van der Waals surface area contributed by atoms with E-state index < -0.39 is 0 Å². The average molecular weight is 344 g/mol. The summed E-state index contributed by atoms with van der Waals surface area (Å²) >= 11 is 0. The Bertz CT molecular complexity index is 692. The number of hydrogen-bond acceptors (Lipinski definition) is 4. The first-order valence-corrected chi connectivity index (χ1v) is 8.72. The van der Waals surface area contributed by atoms with E-state index >= 15 is 0 Å². The number of ether oxygens (including phenoxy) is 1. The van der Waals surface area contributed by atoms with Crippen molar-refractivity contribution in [1.82, 2.24) is 9.80 Å². The minimum Gasteiger partial charge on any atom is -0.496 e. The van der Waals surface area contributed by atoms with Gasteiger partial charge in [-0.25, -0.2) is 0 Å². The number of benzene rings is 1. The minimum atomic E-state index is -0.135. The zero-order chi connectivity index (χ0) is 18.4. The molecular formula is C20H28N2O3. The normalized spacial score (nSPS) is 12.2. The highest BCUT2D eigenvalue weighted by molar-refractivity contribution is 5.91. The maximum atomic E-state index is 12.8. The lowest BCUT2D eigenvalue weighted by molar-refractivity contribution is 0.0705. The lowest BCUT2D eigenvalue weighted by atomic mass is 10.1. The first-order valence-electron chi connectivity index (χ1n) is 8.72. The van der Waals surface area contributed by atoms with E-state index in [-0.39, 0.29) is 11.9 Å². The molecule has 0 saturated heterocycles. The number of furan rings is 1. The predicted octanol–water partition coefficient (Wildman–Crippen LogP) is 3.96. The number of carbonyl (C=O) groups is 1. The highest BCUT2D eigenvalue weighted by Gasteiger charge is 2.23. The van der Waals surface area contributed by atoms with Gasteiger partial charge in [0.05, 0.1) is 19.7 Å². The molecule has 0 fully saturated rings. The number of carbonyl (C=O) groups excluding carboxylic acids is 1. The Hall–Kier alpha value is -2.27. The molecule has 0 N–H and O–H groups in total. The molecule has 0 aliphatic rings. The van der Waals surface area contributed by atoms with Crippen molar-refractivity contribution in [2.45, 2.75) is 33.4 Å². The Balaban J connectivity index is 2.13. The number of rotatable bonds is 8. The molecule has 25 heavy (non-hydrogen) atoms. The summed E-state index contributed by atoms with van der Waals surface area (Å²) in [5, 5.41) is 0. The van der Waals surface area contributed by atoms with Gasteiger partial charge in [0.1, 0.15) is 11.5 Å². The summed E-state index contributed by atoms with van der Waals surface area (Å²) in [5.74, 6) is 1.82. The fourth-order valence-corrected chi connectivity index (χ4v) is 2.82. The van der Waals surface area contributed by atoms with E-state index in [1.165, 1.54) is 0 Å². The van der Waals surface area contributed by atoms with Gasteiger partial charge in [0.15, 0.2) is 5.76 Å². The maximum absolute atomic E-state index is 12.8. The van der Waals surface area contributed by atoms with Crippen LogP contribution in [0.3, 0.4) is 0 Å². The molecule has 0 spiro atoms. The van der Waals surface area contributed by atoms with Gasteiger partial charge < -0.3 is 14.1 Å². The Kier molecular flexibility index (Phi) is 6.65. The van der Waals surface area contributed by atoms with Gasteiger partial charge in [-0.2, -0.15) is 0 Å². The molecule has 0 bridgehead atoms. The third kappa shape index (κ3) is 4.42. The largest absolute Gasteiger partial charge is 0.496 e. The molecule has 0 aliphatic carbocycles. The van der Waals surface area contributed by atoms with Crippen LogP contribution < -0.4 is 4.74 Å². The molecule has 2 aromatic rings. The number of nitrogens with zero attached hydrogens (tertiary/aromatic N) is 2. The number of amides is 1. The smallest absolute Gasteiger partial charge is 0.289 e. The standard InChI is InChI=1S/C20H28N2O3/c1-6-22(7-2)14-16-12-13-19(25-16)20(23)21(4)15(3)17-10-8-9-11-18(17)24-5/h8-13,15H,6-7,14H2,1-5H3. The minimum absolute atomic E-state index is 0.125. The van der Waals surface area contributed by atoms with E-state index in [4.69, 9.17) is 9.15 Å². The molecule has 1 unspecified atom stereocenters. The van der Waals surface area contributed by atoms with Crippen LogP contribution in [0.5, 0.6) is 5.75 Å². The SMILES string of the molecule is CCN(CC)Cc1ccc(C(=O)N(C)C(C)c2ccccc2OC)o1. The van der Waals surface area contributed by atoms with Gasteiger partial charge in [-0.1, -0.05) is 32.0 Å². The van der Waals surface area contributed by atoms with E-state index in [9.17, 15) is 4.79 Å². The average Bonchev–Trinajstić information content (AvgIpc) is 3.12. The molecular weight excluding hydrogens is 316 g/mol. The van der Waals surface area contributed by atoms with E-state index in [0.717, 1.165) is 30.2 Å². The zero-order valence-electron chi connectivity index (χ0n) is 15.8. The van der Waals surface area contributed by atoms with Crippen molar-refractivity contribution < 1.29 is 13.9 Å². The highest BCUT2D eigenvalue weighted by atomic mass is 16.5. The Morgan fingerprint density at radius 3 is 2.48 bits per heavy atom. The van der Waals surface area contributed by atoms with Crippen molar-refractivity contribution >= 4 is 5.91 Å². The second kappa shape index (κ2) is 8.72. The number of methoxy groups -OCH3 is 1. The second-order valence-corrected chi connectivity index (χ2v) is 6.06. The van der Waals surface area contributed by atoms with E-state index in [1.54, 1.807) is 25.1 Å². The van der Waals surface area contributed by atoms with Crippen LogP contribution in [-0.2, 0) is 6.54 Å². The van der Waals surface area contributed by atoms with Gasteiger partial charge in [0.2, 0.25) is 0 Å². The molecule has 1 aromatic carbocycles. The van der Waals surface area contributed by atoms with Gasteiger partial charge in [-0.05, 0) is 38.2 Å². The first-order chi connectivity index (χ1) is 12.0. The topological polar surface area (TPSA) is 45.9 Å². The van der Waals surface area contributed by atoms with Crippen LogP contribution in [0.4, 0.5) is 0 Å². The zero-order valence-corrected chi connectivity index (χ0v) is 15.8. The Morgan fingerprint density at radius 2 is 1.84 bits per heavy atom. The fraction of sp³-hybridized carbons (Fsp3) is 0.450. The van der Waals surface area contributed by atoms with Crippen molar-refractivity contribution in [3.63, 3.8) is 0 Å². The van der Waals surface area contributed by atoms with Gasteiger partial charge in [0.25, 0.3) is 5.91 Å². The molecule has 1 aromatic heterocycles. The van der Waals surface area contributed by atoms with Crippen molar-refractivity contribution in [2.75, 3.05) is 27.2 Å². The van der Waals surface area contributed by atoms with E-state index in [2.05, 4.69) is 18.7 Å². The molecule has 0 saturated carbocycles. The summed E-state index contributed by atoms with van der Waals surface area (Å²) < 4.78 is 11.2. The molecule has 136 valence electrons. The molecule has 2 rings (SSSR count). The summed E-state index contributed by atoms with van der Waals surface area (Å²) in [6, 6.07) is 11.3. The van der Waals surface area contributed by atoms with Crippen molar-refractivity contribution in [2.24, 2.45) is 0 Å². The number of para-hydroxylation sites is 1. The molecule has 1 heterocycles. The van der Waals surface area contributed by atoms with Crippen molar-refractivity contribution in [3.8, 4) is 5.75 Å². The third-order valence-electron chi connectivity index (χ3n) is 4.64. The van der Waals surface area contributed by atoms with Gasteiger partial charge >= 0.3 is 0 Å². The molecule has 5 heteroatoms. The summed E-state index contributed by atoms with van der Waals surface area (Å²) in [4.78, 5) is 16.7.